The number of esters is 1. The summed E-state index contributed by atoms with van der Waals surface area (Å²) in [4.78, 5) is 11.0. The van der Waals surface area contributed by atoms with Crippen molar-refractivity contribution in [1.82, 2.24) is 0 Å². The van der Waals surface area contributed by atoms with E-state index < -0.39 is 0 Å². The van der Waals surface area contributed by atoms with Crippen LogP contribution in [-0.2, 0) is 9.53 Å². The van der Waals surface area contributed by atoms with Gasteiger partial charge >= 0.3 is 5.97 Å². The molecule has 1 unspecified atom stereocenters. The Morgan fingerprint density at radius 1 is 1.70 bits per heavy atom. The van der Waals surface area contributed by atoms with Crippen LogP contribution in [0.2, 0.25) is 0 Å². The van der Waals surface area contributed by atoms with Gasteiger partial charge in [0.25, 0.3) is 0 Å². The van der Waals surface area contributed by atoms with E-state index in [4.69, 9.17) is 4.74 Å². The summed E-state index contributed by atoms with van der Waals surface area (Å²) < 4.78 is 5.03. The molecule has 0 spiro atoms. The van der Waals surface area contributed by atoms with Crippen LogP contribution in [0.25, 0.3) is 0 Å². The molecule has 57 valence electrons. The van der Waals surface area contributed by atoms with E-state index in [1.807, 2.05) is 27.2 Å². The predicted octanol–water partition coefficient (Wildman–Crippen LogP) is 1.55. The molecule has 0 aliphatic carbocycles. The zero-order valence-electron chi connectivity index (χ0n) is 6.68. The Balaban J connectivity index is 2.62. The van der Waals surface area contributed by atoms with E-state index >= 15 is 0 Å². The van der Waals surface area contributed by atoms with Crippen molar-refractivity contribution in [3.63, 3.8) is 0 Å². The van der Waals surface area contributed by atoms with Crippen LogP contribution >= 0.6 is 0 Å². The molecule has 10 heavy (non-hydrogen) atoms. The van der Waals surface area contributed by atoms with Gasteiger partial charge in [-0.1, -0.05) is 6.92 Å². The van der Waals surface area contributed by atoms with Gasteiger partial charge in [0, 0.05) is 6.42 Å². The SMILES string of the molecule is C[CH]C1CC(C)(C)C(=O)O1. The van der Waals surface area contributed by atoms with E-state index in [1.165, 1.54) is 0 Å². The summed E-state index contributed by atoms with van der Waals surface area (Å²) in [5.74, 6) is -0.0735. The van der Waals surface area contributed by atoms with E-state index in [-0.39, 0.29) is 17.5 Å². The van der Waals surface area contributed by atoms with Crippen LogP contribution in [-0.4, -0.2) is 12.1 Å². The molecule has 1 rings (SSSR count). The summed E-state index contributed by atoms with van der Waals surface area (Å²) in [6.45, 7) is 5.75. The third-order valence-electron chi connectivity index (χ3n) is 1.89. The number of carbonyl (C=O) groups excluding carboxylic acids is 1. The van der Waals surface area contributed by atoms with Gasteiger partial charge in [0.15, 0.2) is 0 Å². The van der Waals surface area contributed by atoms with Gasteiger partial charge in [-0.15, -0.1) is 0 Å². The lowest BCUT2D eigenvalue weighted by Crippen LogP contribution is -2.16. The number of cyclic esters (lactones) is 1. The number of carbonyl (C=O) groups is 1. The first-order valence-electron chi connectivity index (χ1n) is 3.57. The van der Waals surface area contributed by atoms with E-state index in [0.717, 1.165) is 6.42 Å². The smallest absolute Gasteiger partial charge is 0.311 e. The maximum Gasteiger partial charge on any atom is 0.311 e. The van der Waals surface area contributed by atoms with Crippen molar-refractivity contribution >= 4 is 5.97 Å². The first-order valence-corrected chi connectivity index (χ1v) is 3.57. The molecule has 0 aromatic rings. The van der Waals surface area contributed by atoms with E-state index in [2.05, 4.69) is 0 Å². The predicted molar refractivity (Wildman–Crippen MR) is 38.3 cm³/mol. The topological polar surface area (TPSA) is 26.3 Å². The molecule has 1 aliphatic heterocycles. The molecular formula is C8H13O2. The van der Waals surface area contributed by atoms with Gasteiger partial charge in [0.05, 0.1) is 5.41 Å². The largest absolute Gasteiger partial charge is 0.462 e. The molecule has 1 atom stereocenters. The summed E-state index contributed by atoms with van der Waals surface area (Å²) >= 11 is 0. The average Bonchev–Trinajstić information content (AvgIpc) is 2.08. The van der Waals surface area contributed by atoms with Crippen molar-refractivity contribution in [1.29, 1.82) is 0 Å². The third kappa shape index (κ3) is 1.15. The fourth-order valence-electron chi connectivity index (χ4n) is 1.11. The number of hydrogen-bond donors (Lipinski definition) is 0. The number of rotatable bonds is 1. The molecule has 1 saturated heterocycles. The molecule has 0 saturated carbocycles. The molecule has 0 amide bonds. The van der Waals surface area contributed by atoms with Gasteiger partial charge < -0.3 is 4.74 Å². The molecule has 1 aliphatic rings. The second-order valence-electron chi connectivity index (χ2n) is 3.37. The minimum absolute atomic E-state index is 0.0440. The van der Waals surface area contributed by atoms with Gasteiger partial charge in [-0.25, -0.2) is 0 Å². The Hall–Kier alpha value is -0.530. The lowest BCUT2D eigenvalue weighted by molar-refractivity contribution is -0.146. The maximum absolute atomic E-state index is 11.0. The normalized spacial score (nSPS) is 30.3. The fraction of sp³-hybridized carbons (Fsp3) is 0.750. The molecule has 2 nitrogen and oxygen atoms in total. The molecule has 0 aromatic carbocycles. The maximum atomic E-state index is 11.0. The quantitative estimate of drug-likeness (QED) is 0.518. The molecule has 0 bridgehead atoms. The van der Waals surface area contributed by atoms with Crippen molar-refractivity contribution in [2.45, 2.75) is 33.3 Å². The molecule has 1 fully saturated rings. The van der Waals surface area contributed by atoms with Crippen molar-refractivity contribution in [2.24, 2.45) is 5.41 Å². The Morgan fingerprint density at radius 2 is 2.30 bits per heavy atom. The number of hydrogen-bond acceptors (Lipinski definition) is 2. The van der Waals surface area contributed by atoms with Crippen LogP contribution in [0, 0.1) is 11.8 Å². The van der Waals surface area contributed by atoms with Crippen LogP contribution in [0.4, 0.5) is 0 Å². The lowest BCUT2D eigenvalue weighted by atomic mass is 9.89. The van der Waals surface area contributed by atoms with Gasteiger partial charge in [0.1, 0.15) is 6.10 Å². The highest BCUT2D eigenvalue weighted by atomic mass is 16.6. The molecule has 1 heterocycles. The highest BCUT2D eigenvalue weighted by Gasteiger charge is 2.40. The van der Waals surface area contributed by atoms with Crippen molar-refractivity contribution in [2.75, 3.05) is 0 Å². The molecule has 0 N–H and O–H groups in total. The summed E-state index contributed by atoms with van der Waals surface area (Å²) in [6.07, 6.45) is 2.79. The van der Waals surface area contributed by atoms with Gasteiger partial charge in [-0.05, 0) is 20.3 Å². The second-order valence-corrected chi connectivity index (χ2v) is 3.37. The van der Waals surface area contributed by atoms with E-state index in [9.17, 15) is 4.79 Å². The van der Waals surface area contributed by atoms with E-state index in [0.29, 0.717) is 0 Å². The minimum Gasteiger partial charge on any atom is -0.462 e. The molecule has 1 radical (unpaired) electrons. The first-order chi connectivity index (χ1) is 4.56. The van der Waals surface area contributed by atoms with Crippen LogP contribution < -0.4 is 0 Å². The van der Waals surface area contributed by atoms with Crippen LogP contribution in [0.3, 0.4) is 0 Å². The van der Waals surface area contributed by atoms with Gasteiger partial charge in [-0.3, -0.25) is 4.79 Å². The molecule has 0 aromatic heterocycles. The van der Waals surface area contributed by atoms with Crippen LogP contribution in [0.5, 0.6) is 0 Å². The fourth-order valence-corrected chi connectivity index (χ4v) is 1.11. The van der Waals surface area contributed by atoms with Crippen molar-refractivity contribution in [3.8, 4) is 0 Å². The summed E-state index contributed by atoms with van der Waals surface area (Å²) in [7, 11) is 0. The van der Waals surface area contributed by atoms with Crippen molar-refractivity contribution < 1.29 is 9.53 Å². The van der Waals surface area contributed by atoms with Gasteiger partial charge in [0.2, 0.25) is 0 Å². The minimum atomic E-state index is -0.267. The third-order valence-corrected chi connectivity index (χ3v) is 1.89. The second kappa shape index (κ2) is 2.26. The number of ether oxygens (including phenoxy) is 1. The van der Waals surface area contributed by atoms with Crippen LogP contribution in [0.1, 0.15) is 27.2 Å². The summed E-state index contributed by atoms with van der Waals surface area (Å²) in [5, 5.41) is 0. The standard InChI is InChI=1S/C8H13O2/c1-4-6-5-8(2,3)7(9)10-6/h4,6H,5H2,1-3H3. The zero-order chi connectivity index (χ0) is 7.78. The Kier molecular flexibility index (Phi) is 1.71. The highest BCUT2D eigenvalue weighted by molar-refractivity contribution is 5.78. The zero-order valence-corrected chi connectivity index (χ0v) is 6.68. The van der Waals surface area contributed by atoms with Gasteiger partial charge in [-0.2, -0.15) is 0 Å². The first kappa shape index (κ1) is 7.58. The molecular weight excluding hydrogens is 128 g/mol. The monoisotopic (exact) mass is 141 g/mol. The Morgan fingerprint density at radius 3 is 2.50 bits per heavy atom. The van der Waals surface area contributed by atoms with Crippen molar-refractivity contribution in [3.05, 3.63) is 6.42 Å². The summed E-state index contributed by atoms with van der Waals surface area (Å²) in [6, 6.07) is 0. The Labute approximate surface area is 61.6 Å². The van der Waals surface area contributed by atoms with E-state index in [1.54, 1.807) is 0 Å². The Bertz CT molecular complexity index is 149. The summed E-state index contributed by atoms with van der Waals surface area (Å²) in [5.41, 5.74) is -0.267. The molecule has 2 heteroatoms. The average molecular weight is 141 g/mol. The highest BCUT2D eigenvalue weighted by Crippen LogP contribution is 2.33. The van der Waals surface area contributed by atoms with Crippen LogP contribution in [0.15, 0.2) is 0 Å². The lowest BCUT2D eigenvalue weighted by Gasteiger charge is -2.08.